The molecule has 2 fully saturated rings. The number of aromatic hydroxyl groups is 1. The summed E-state index contributed by atoms with van der Waals surface area (Å²) in [6.07, 6.45) is 1.46. The summed E-state index contributed by atoms with van der Waals surface area (Å²) < 4.78 is 0. The summed E-state index contributed by atoms with van der Waals surface area (Å²) in [7, 11) is 0. The molecule has 37 heavy (non-hydrogen) atoms. The van der Waals surface area contributed by atoms with Crippen molar-refractivity contribution in [3.63, 3.8) is 0 Å². The van der Waals surface area contributed by atoms with Crippen LogP contribution in [0.15, 0.2) is 30.5 Å². The number of aromatic nitrogens is 1. The Morgan fingerprint density at radius 2 is 1.89 bits per heavy atom. The van der Waals surface area contributed by atoms with Crippen LogP contribution in [-0.2, 0) is 25.6 Å². The second kappa shape index (κ2) is 8.58. The molecular weight excluding hydrogens is 478 g/mol. The fourth-order valence-corrected chi connectivity index (χ4v) is 6.21. The number of hydrogen-bond acceptors (Lipinski definition) is 9. The topological polar surface area (TPSA) is 177 Å². The van der Waals surface area contributed by atoms with Gasteiger partial charge in [-0.25, -0.2) is 0 Å². The molecule has 1 aromatic carbocycles. The number of Topliss-reactive ketones (excluding diaryl/α,β-unsaturated/α-hetero) is 4. The third-order valence-corrected chi connectivity index (χ3v) is 7.79. The lowest BCUT2D eigenvalue weighted by Gasteiger charge is -2.48. The highest BCUT2D eigenvalue weighted by Crippen LogP contribution is 2.52. The van der Waals surface area contributed by atoms with Gasteiger partial charge in [-0.15, -0.1) is 0 Å². The van der Waals surface area contributed by atoms with Crippen molar-refractivity contribution < 1.29 is 34.2 Å². The molecule has 0 spiro atoms. The molecule has 192 valence electrons. The van der Waals surface area contributed by atoms with E-state index in [-0.39, 0.29) is 42.3 Å². The number of phenols is 1. The van der Waals surface area contributed by atoms with Gasteiger partial charge in [0.05, 0.1) is 22.9 Å². The van der Waals surface area contributed by atoms with Gasteiger partial charge in [0.2, 0.25) is 5.91 Å². The van der Waals surface area contributed by atoms with Crippen molar-refractivity contribution in [3.05, 3.63) is 41.6 Å². The van der Waals surface area contributed by atoms with E-state index in [1.54, 1.807) is 30.5 Å². The number of primary amides is 1. The average molecular weight is 506 g/mol. The molecule has 2 saturated carbocycles. The van der Waals surface area contributed by atoms with Crippen LogP contribution in [0.4, 0.5) is 5.69 Å². The summed E-state index contributed by atoms with van der Waals surface area (Å²) in [5.74, 6) is -10.4. The number of nitrogens with one attached hydrogen (secondary N) is 1. The summed E-state index contributed by atoms with van der Waals surface area (Å²) in [5, 5.41) is 25.6. The number of fused-ring (bicyclic) bond motifs is 3. The first-order valence-corrected chi connectivity index (χ1v) is 12.2. The maximum atomic E-state index is 13.9. The van der Waals surface area contributed by atoms with Gasteiger partial charge in [0.15, 0.2) is 34.7 Å². The molecule has 3 aliphatic rings. The molecule has 1 heterocycles. The molecule has 10 nitrogen and oxygen atoms in total. The first kappa shape index (κ1) is 24.8. The fourth-order valence-electron chi connectivity index (χ4n) is 6.21. The minimum atomic E-state index is -2.67. The van der Waals surface area contributed by atoms with E-state index in [1.807, 2.05) is 13.8 Å². The quantitative estimate of drug-likeness (QED) is 0.351. The molecule has 1 aromatic heterocycles. The van der Waals surface area contributed by atoms with E-state index in [9.17, 15) is 34.2 Å². The van der Waals surface area contributed by atoms with Gasteiger partial charge in [-0.2, -0.15) is 0 Å². The Hall–Kier alpha value is -3.92. The zero-order valence-electron chi connectivity index (χ0n) is 20.4. The number of ketones is 4. The van der Waals surface area contributed by atoms with Crippen LogP contribution in [0.5, 0.6) is 5.75 Å². The van der Waals surface area contributed by atoms with Crippen molar-refractivity contribution in [2.45, 2.75) is 44.8 Å². The maximum absolute atomic E-state index is 13.9. The van der Waals surface area contributed by atoms with Crippen molar-refractivity contribution in [2.24, 2.45) is 29.4 Å². The van der Waals surface area contributed by atoms with Gasteiger partial charge < -0.3 is 21.3 Å². The number of nitrogens with zero attached hydrogens (tertiary/aromatic N) is 1. The van der Waals surface area contributed by atoms with E-state index >= 15 is 0 Å². The van der Waals surface area contributed by atoms with Crippen LogP contribution >= 0.6 is 0 Å². The Bertz CT molecular complexity index is 1370. The minimum Gasteiger partial charge on any atom is -0.505 e. The number of rotatable bonds is 4. The van der Waals surface area contributed by atoms with E-state index in [0.717, 1.165) is 0 Å². The SMILES string of the molecule is CC(C)Nc1cc(-c2ccccn2)c2c(c1O)C(=O)C1C(=O)[C@]3(O)C(=O)C(C(N)=O)C(=O)C[C@@H]3C[C@@H]1C2. The smallest absolute Gasteiger partial charge is 0.235 e. The summed E-state index contributed by atoms with van der Waals surface area (Å²) in [6, 6.07) is 6.95. The number of carbonyl (C=O) groups is 5. The van der Waals surface area contributed by atoms with Crippen molar-refractivity contribution in [1.82, 2.24) is 4.98 Å². The number of anilines is 1. The van der Waals surface area contributed by atoms with E-state index in [2.05, 4.69) is 10.3 Å². The van der Waals surface area contributed by atoms with E-state index in [4.69, 9.17) is 5.73 Å². The van der Waals surface area contributed by atoms with Crippen LogP contribution in [-0.4, -0.2) is 55.9 Å². The molecule has 2 unspecified atom stereocenters. The number of aliphatic hydroxyl groups is 1. The molecule has 2 aromatic rings. The van der Waals surface area contributed by atoms with E-state index < -0.39 is 58.3 Å². The van der Waals surface area contributed by atoms with E-state index in [0.29, 0.717) is 16.8 Å². The van der Waals surface area contributed by atoms with Crippen molar-refractivity contribution in [3.8, 4) is 17.0 Å². The monoisotopic (exact) mass is 505 g/mol. The lowest BCUT2D eigenvalue weighted by Crippen LogP contribution is -2.68. The Kier molecular flexibility index (Phi) is 5.74. The number of nitrogens with two attached hydrogens (primary N) is 1. The second-order valence-electron chi connectivity index (χ2n) is 10.4. The van der Waals surface area contributed by atoms with Crippen LogP contribution in [0.1, 0.15) is 42.6 Å². The number of benzene rings is 1. The molecule has 3 aliphatic carbocycles. The third kappa shape index (κ3) is 3.58. The van der Waals surface area contributed by atoms with E-state index in [1.165, 1.54) is 0 Å². The largest absolute Gasteiger partial charge is 0.505 e. The van der Waals surface area contributed by atoms with Crippen molar-refractivity contribution in [2.75, 3.05) is 5.32 Å². The van der Waals surface area contributed by atoms with Crippen LogP contribution in [0.3, 0.4) is 0 Å². The predicted octanol–water partition coefficient (Wildman–Crippen LogP) is 1.21. The highest BCUT2D eigenvalue weighted by molar-refractivity contribution is 6.31. The number of carbonyl (C=O) groups excluding carboxylic acids is 5. The number of phenolic OH excluding ortho intramolecular Hbond substituents is 1. The first-order chi connectivity index (χ1) is 17.5. The third-order valence-electron chi connectivity index (χ3n) is 7.79. The van der Waals surface area contributed by atoms with Gasteiger partial charge >= 0.3 is 0 Å². The van der Waals surface area contributed by atoms with Crippen molar-refractivity contribution >= 4 is 34.7 Å². The Morgan fingerprint density at radius 1 is 1.16 bits per heavy atom. The molecule has 0 saturated heterocycles. The van der Waals surface area contributed by atoms with Gasteiger partial charge in [0, 0.05) is 30.1 Å². The lowest BCUT2D eigenvalue weighted by atomic mass is 9.53. The van der Waals surface area contributed by atoms with Crippen LogP contribution in [0.2, 0.25) is 0 Å². The molecule has 0 bridgehead atoms. The molecule has 10 heteroatoms. The molecule has 5 N–H and O–H groups in total. The maximum Gasteiger partial charge on any atom is 0.235 e. The van der Waals surface area contributed by atoms with Gasteiger partial charge in [0.1, 0.15) is 5.75 Å². The van der Waals surface area contributed by atoms with Gasteiger partial charge in [-0.05, 0) is 56.4 Å². The minimum absolute atomic E-state index is 0.0372. The summed E-state index contributed by atoms with van der Waals surface area (Å²) >= 11 is 0. The molecule has 0 radical (unpaired) electrons. The molecule has 1 amide bonds. The predicted molar refractivity (Wildman–Crippen MR) is 130 cm³/mol. The molecule has 5 rings (SSSR count). The zero-order valence-corrected chi connectivity index (χ0v) is 20.4. The van der Waals surface area contributed by atoms with Crippen LogP contribution in [0, 0.1) is 23.7 Å². The van der Waals surface area contributed by atoms with Gasteiger partial charge in [0.25, 0.3) is 0 Å². The highest BCUT2D eigenvalue weighted by atomic mass is 16.3. The summed E-state index contributed by atoms with van der Waals surface area (Å²) in [4.78, 5) is 69.4. The first-order valence-electron chi connectivity index (χ1n) is 12.2. The lowest BCUT2D eigenvalue weighted by molar-refractivity contribution is -0.175. The van der Waals surface area contributed by atoms with Gasteiger partial charge in [-0.3, -0.25) is 29.0 Å². The highest BCUT2D eigenvalue weighted by Gasteiger charge is 2.66. The van der Waals surface area contributed by atoms with Crippen LogP contribution in [0.25, 0.3) is 11.3 Å². The average Bonchev–Trinajstić information content (AvgIpc) is 2.83. The van der Waals surface area contributed by atoms with Crippen LogP contribution < -0.4 is 11.1 Å². The molecule has 5 atom stereocenters. The Morgan fingerprint density at radius 3 is 2.51 bits per heavy atom. The fraction of sp³-hybridized carbons (Fsp3) is 0.407. The molecular formula is C27H27N3O7. The Balaban J connectivity index is 1.66. The Labute approximate surface area is 212 Å². The number of amides is 1. The number of hydrogen-bond donors (Lipinski definition) is 4. The number of pyridine rings is 1. The zero-order chi connectivity index (χ0) is 26.8. The van der Waals surface area contributed by atoms with Gasteiger partial charge in [-0.1, -0.05) is 6.07 Å². The second-order valence-corrected chi connectivity index (χ2v) is 10.4. The summed E-state index contributed by atoms with van der Waals surface area (Å²) in [5.41, 5.74) is 4.48. The van der Waals surface area contributed by atoms with Crippen molar-refractivity contribution in [1.29, 1.82) is 0 Å². The standard InChI is InChI=1S/C27H27N3O7/c1-11(2)30-17-10-14(16-5-3-4-6-29-16)15-8-12-7-13-9-18(31)21(26(28)36)25(35)27(13,37)24(34)19(12)23(33)20(15)22(17)32/h3-6,10-13,19,21,30,32,37H,7-9H2,1-2H3,(H2,28,36)/t12-,13+,19?,21?,27+/m1/s1. The summed E-state index contributed by atoms with van der Waals surface area (Å²) in [6.45, 7) is 3.73. The normalized spacial score (nSPS) is 29.0. The molecule has 0 aliphatic heterocycles.